The van der Waals surface area contributed by atoms with Crippen molar-refractivity contribution in [2.75, 3.05) is 13.6 Å². The van der Waals surface area contributed by atoms with Gasteiger partial charge >= 0.3 is 0 Å². The van der Waals surface area contributed by atoms with Gasteiger partial charge in [0.2, 0.25) is 0 Å². The van der Waals surface area contributed by atoms with Crippen LogP contribution in [0.5, 0.6) is 0 Å². The van der Waals surface area contributed by atoms with E-state index >= 15 is 0 Å². The first-order chi connectivity index (χ1) is 12.8. The minimum Gasteiger partial charge on any atom is -0.386 e. The number of aryl methyl sites for hydroxylation is 1. The lowest BCUT2D eigenvalue weighted by atomic mass is 9.98. The number of aliphatic hydroxyl groups is 2. The molecule has 0 aliphatic carbocycles. The van der Waals surface area contributed by atoms with Crippen molar-refractivity contribution in [3.8, 4) is 5.69 Å². The number of hydrogen-bond acceptors (Lipinski definition) is 5. The fourth-order valence-corrected chi connectivity index (χ4v) is 3.57. The van der Waals surface area contributed by atoms with Crippen LogP contribution in [0, 0.1) is 6.92 Å². The van der Waals surface area contributed by atoms with E-state index < -0.39 is 12.4 Å². The SMILES string of the molecule is Cc1ccc(=O)n(-c2ccc(CCN(C)[C@H]3C[C@@H](C)O[C@@H](O)[C@@H]3O)cc2)c1. The fourth-order valence-electron chi connectivity index (χ4n) is 3.57. The Morgan fingerprint density at radius 3 is 2.59 bits per heavy atom. The Morgan fingerprint density at radius 2 is 1.89 bits per heavy atom. The number of nitrogens with zero attached hydrogens (tertiary/aromatic N) is 2. The Labute approximate surface area is 159 Å². The van der Waals surface area contributed by atoms with Gasteiger partial charge in [-0.3, -0.25) is 9.36 Å². The van der Waals surface area contributed by atoms with Crippen LogP contribution < -0.4 is 5.56 Å². The second kappa shape index (κ2) is 8.35. The quantitative estimate of drug-likeness (QED) is 0.832. The van der Waals surface area contributed by atoms with Crippen molar-refractivity contribution in [3.05, 3.63) is 64.1 Å². The Hall–Kier alpha value is -1.99. The number of pyridine rings is 1. The molecule has 0 bridgehead atoms. The third kappa shape index (κ3) is 4.65. The van der Waals surface area contributed by atoms with Crippen LogP contribution in [-0.2, 0) is 11.2 Å². The zero-order valence-corrected chi connectivity index (χ0v) is 16.1. The van der Waals surface area contributed by atoms with Gasteiger partial charge in [-0.2, -0.15) is 0 Å². The summed E-state index contributed by atoms with van der Waals surface area (Å²) in [6, 6.07) is 11.2. The molecule has 6 heteroatoms. The van der Waals surface area contributed by atoms with E-state index in [1.54, 1.807) is 10.6 Å². The highest BCUT2D eigenvalue weighted by atomic mass is 16.6. The number of benzene rings is 1. The second-order valence-corrected chi connectivity index (χ2v) is 7.44. The molecule has 1 aliphatic rings. The first-order valence-corrected chi connectivity index (χ1v) is 9.35. The smallest absolute Gasteiger partial charge is 0.255 e. The van der Waals surface area contributed by atoms with Crippen LogP contribution in [0.1, 0.15) is 24.5 Å². The molecule has 0 spiro atoms. The van der Waals surface area contributed by atoms with E-state index in [1.807, 2.05) is 57.4 Å². The van der Waals surface area contributed by atoms with Gasteiger partial charge in [-0.1, -0.05) is 18.2 Å². The van der Waals surface area contributed by atoms with Gasteiger partial charge in [-0.15, -0.1) is 0 Å². The lowest BCUT2D eigenvalue weighted by Crippen LogP contribution is -2.54. The topological polar surface area (TPSA) is 74.9 Å². The Kier molecular flexibility index (Phi) is 6.11. The monoisotopic (exact) mass is 372 g/mol. The summed E-state index contributed by atoms with van der Waals surface area (Å²) in [4.78, 5) is 14.1. The number of aliphatic hydroxyl groups excluding tert-OH is 2. The number of aromatic nitrogens is 1. The molecule has 1 saturated heterocycles. The highest BCUT2D eigenvalue weighted by Crippen LogP contribution is 2.22. The predicted molar refractivity (Wildman–Crippen MR) is 104 cm³/mol. The molecule has 0 unspecified atom stereocenters. The van der Waals surface area contributed by atoms with Crippen LogP contribution in [-0.4, -0.2) is 57.8 Å². The first-order valence-electron chi connectivity index (χ1n) is 9.35. The summed E-state index contributed by atoms with van der Waals surface area (Å²) in [7, 11) is 1.96. The first kappa shape index (κ1) is 19.8. The standard InChI is InChI=1S/C21H28N2O4/c1-14-4-9-19(24)23(13-14)17-7-5-16(6-8-17)10-11-22(3)18-12-15(2)27-21(26)20(18)25/h4-9,13,15,18,20-21,25-26H,10-12H2,1-3H3/t15-,18+,20-,21-/m1/s1. The summed E-state index contributed by atoms with van der Waals surface area (Å²) in [5, 5.41) is 20.0. The number of likely N-dealkylation sites (N-methyl/N-ethyl adjacent to an activating group) is 1. The molecule has 1 aromatic heterocycles. The van der Waals surface area contributed by atoms with Gasteiger partial charge in [0.1, 0.15) is 6.10 Å². The maximum atomic E-state index is 12.0. The summed E-state index contributed by atoms with van der Waals surface area (Å²) < 4.78 is 6.91. The van der Waals surface area contributed by atoms with Crippen LogP contribution in [0.15, 0.2) is 47.4 Å². The summed E-state index contributed by atoms with van der Waals surface area (Å²) in [5.74, 6) is 0. The summed E-state index contributed by atoms with van der Waals surface area (Å²) >= 11 is 0. The van der Waals surface area contributed by atoms with E-state index in [9.17, 15) is 15.0 Å². The molecule has 3 rings (SSSR count). The van der Waals surface area contributed by atoms with Gasteiger partial charge in [-0.05, 0) is 57.0 Å². The van der Waals surface area contributed by atoms with E-state index in [2.05, 4.69) is 4.90 Å². The maximum absolute atomic E-state index is 12.0. The van der Waals surface area contributed by atoms with Gasteiger partial charge in [0, 0.05) is 30.5 Å². The van der Waals surface area contributed by atoms with Crippen molar-refractivity contribution in [1.29, 1.82) is 0 Å². The Morgan fingerprint density at radius 1 is 1.19 bits per heavy atom. The van der Waals surface area contributed by atoms with Crippen molar-refractivity contribution < 1.29 is 14.9 Å². The molecule has 27 heavy (non-hydrogen) atoms. The summed E-state index contributed by atoms with van der Waals surface area (Å²) in [6.45, 7) is 4.62. The molecule has 4 atom stereocenters. The van der Waals surface area contributed by atoms with Crippen molar-refractivity contribution in [2.24, 2.45) is 0 Å². The van der Waals surface area contributed by atoms with Crippen LogP contribution in [0.3, 0.4) is 0 Å². The molecule has 2 N–H and O–H groups in total. The van der Waals surface area contributed by atoms with E-state index in [-0.39, 0.29) is 17.7 Å². The van der Waals surface area contributed by atoms with E-state index in [0.717, 1.165) is 29.8 Å². The van der Waals surface area contributed by atoms with Crippen LogP contribution >= 0.6 is 0 Å². The Balaban J connectivity index is 1.63. The number of rotatable bonds is 5. The van der Waals surface area contributed by atoms with Crippen molar-refractivity contribution in [2.45, 2.75) is 51.2 Å². The lowest BCUT2D eigenvalue weighted by molar-refractivity contribution is -0.231. The van der Waals surface area contributed by atoms with E-state index in [1.165, 1.54) is 0 Å². The second-order valence-electron chi connectivity index (χ2n) is 7.44. The third-order valence-corrected chi connectivity index (χ3v) is 5.22. The molecule has 1 aromatic carbocycles. The van der Waals surface area contributed by atoms with Crippen LogP contribution in [0.4, 0.5) is 0 Å². The molecule has 146 valence electrons. The van der Waals surface area contributed by atoms with Gasteiger partial charge in [0.05, 0.1) is 6.10 Å². The average molecular weight is 372 g/mol. The van der Waals surface area contributed by atoms with Crippen molar-refractivity contribution >= 4 is 0 Å². The van der Waals surface area contributed by atoms with Crippen LogP contribution in [0.2, 0.25) is 0 Å². The van der Waals surface area contributed by atoms with Gasteiger partial charge in [0.25, 0.3) is 5.56 Å². The highest BCUT2D eigenvalue weighted by Gasteiger charge is 2.36. The van der Waals surface area contributed by atoms with Crippen molar-refractivity contribution in [1.82, 2.24) is 9.47 Å². The molecule has 6 nitrogen and oxygen atoms in total. The molecule has 1 aliphatic heterocycles. The Bertz CT molecular complexity index is 818. The summed E-state index contributed by atoms with van der Waals surface area (Å²) in [5.41, 5.74) is 2.99. The largest absolute Gasteiger partial charge is 0.386 e. The molecule has 0 saturated carbocycles. The summed E-state index contributed by atoms with van der Waals surface area (Å²) in [6.07, 6.45) is 1.22. The van der Waals surface area contributed by atoms with E-state index in [0.29, 0.717) is 6.42 Å². The predicted octanol–water partition coefficient (Wildman–Crippen LogP) is 1.48. The molecule has 0 amide bonds. The molecule has 2 aromatic rings. The molecule has 0 radical (unpaired) electrons. The van der Waals surface area contributed by atoms with Gasteiger partial charge in [0.15, 0.2) is 6.29 Å². The third-order valence-electron chi connectivity index (χ3n) is 5.22. The van der Waals surface area contributed by atoms with Crippen molar-refractivity contribution in [3.63, 3.8) is 0 Å². The molecular weight excluding hydrogens is 344 g/mol. The fraction of sp³-hybridized carbons (Fsp3) is 0.476. The maximum Gasteiger partial charge on any atom is 0.255 e. The van der Waals surface area contributed by atoms with Gasteiger partial charge in [-0.25, -0.2) is 0 Å². The van der Waals surface area contributed by atoms with Crippen LogP contribution in [0.25, 0.3) is 5.69 Å². The van der Waals surface area contributed by atoms with E-state index in [4.69, 9.17) is 4.74 Å². The zero-order chi connectivity index (χ0) is 19.6. The molecule has 1 fully saturated rings. The normalized spacial score (nSPS) is 25.7. The lowest BCUT2D eigenvalue weighted by Gasteiger charge is -2.40. The minimum absolute atomic E-state index is 0.0470. The molecular formula is C21H28N2O4. The minimum atomic E-state index is -1.13. The number of hydrogen-bond donors (Lipinski definition) is 2. The average Bonchev–Trinajstić information content (AvgIpc) is 2.65. The zero-order valence-electron chi connectivity index (χ0n) is 16.1. The highest BCUT2D eigenvalue weighted by molar-refractivity contribution is 5.35. The van der Waals surface area contributed by atoms with Gasteiger partial charge < -0.3 is 19.8 Å². The number of ether oxygens (including phenoxy) is 1. The molecule has 2 heterocycles.